The number of benzene rings is 2. The molecule has 0 amide bonds. The Morgan fingerprint density at radius 3 is 2.81 bits per heavy atom. The summed E-state index contributed by atoms with van der Waals surface area (Å²) < 4.78 is 24.7. The third kappa shape index (κ3) is 3.21. The van der Waals surface area contributed by atoms with E-state index in [2.05, 4.69) is 10.1 Å². The molecule has 0 unspecified atom stereocenters. The van der Waals surface area contributed by atoms with Gasteiger partial charge in [-0.1, -0.05) is 35.5 Å². The molecule has 0 spiro atoms. The molecule has 0 aliphatic carbocycles. The van der Waals surface area contributed by atoms with E-state index in [0.29, 0.717) is 16.1 Å². The lowest BCUT2D eigenvalue weighted by atomic mass is 10.2. The van der Waals surface area contributed by atoms with Gasteiger partial charge >= 0.3 is 5.97 Å². The first kappa shape index (κ1) is 16.4. The largest absolute Gasteiger partial charge is 0.448 e. The average molecular weight is 368 g/mol. The summed E-state index contributed by atoms with van der Waals surface area (Å²) in [6.07, 6.45) is -0.700. The smallest absolute Gasteiger partial charge is 0.349 e. The van der Waals surface area contributed by atoms with Gasteiger partial charge in [0.15, 0.2) is 6.10 Å². The van der Waals surface area contributed by atoms with Crippen LogP contribution in [0.2, 0.25) is 0 Å². The van der Waals surface area contributed by atoms with Crippen molar-refractivity contribution < 1.29 is 18.4 Å². The number of aromatic nitrogens is 2. The molecule has 0 aliphatic heterocycles. The van der Waals surface area contributed by atoms with E-state index < -0.39 is 12.1 Å². The third-order valence-corrected chi connectivity index (χ3v) is 4.88. The topological polar surface area (TPSA) is 65.2 Å². The molecule has 0 bridgehead atoms. The van der Waals surface area contributed by atoms with E-state index in [-0.39, 0.29) is 11.7 Å². The molecule has 2 aromatic heterocycles. The van der Waals surface area contributed by atoms with E-state index >= 15 is 0 Å². The summed E-state index contributed by atoms with van der Waals surface area (Å²) in [6.45, 7) is 1.66. The number of nitrogens with zero attached hydrogens (tertiary/aromatic N) is 2. The van der Waals surface area contributed by atoms with Crippen LogP contribution in [0, 0.1) is 5.82 Å². The van der Waals surface area contributed by atoms with E-state index in [1.165, 1.54) is 23.5 Å². The molecular formula is C19H13FN2O3S. The van der Waals surface area contributed by atoms with Crippen LogP contribution in [0.4, 0.5) is 4.39 Å². The molecular weight excluding hydrogens is 355 g/mol. The fourth-order valence-electron chi connectivity index (χ4n) is 2.49. The Labute approximate surface area is 152 Å². The lowest BCUT2D eigenvalue weighted by Gasteiger charge is -2.07. The number of ether oxygens (including phenoxy) is 1. The molecule has 5 nitrogen and oxygen atoms in total. The molecule has 0 fully saturated rings. The molecule has 26 heavy (non-hydrogen) atoms. The van der Waals surface area contributed by atoms with Gasteiger partial charge in [-0.2, -0.15) is 4.98 Å². The molecule has 0 N–H and O–H groups in total. The van der Waals surface area contributed by atoms with Crippen molar-refractivity contribution >= 4 is 27.4 Å². The van der Waals surface area contributed by atoms with Gasteiger partial charge in [0.25, 0.3) is 5.89 Å². The maximum absolute atomic E-state index is 13.3. The minimum absolute atomic E-state index is 0.212. The van der Waals surface area contributed by atoms with Crippen molar-refractivity contribution in [1.29, 1.82) is 0 Å². The number of hydrogen-bond donors (Lipinski definition) is 0. The first-order valence-electron chi connectivity index (χ1n) is 7.89. The molecule has 2 heterocycles. The summed E-state index contributed by atoms with van der Waals surface area (Å²) in [4.78, 5) is 17.0. The van der Waals surface area contributed by atoms with E-state index in [1.54, 1.807) is 19.1 Å². The maximum atomic E-state index is 13.3. The van der Waals surface area contributed by atoms with Crippen LogP contribution in [0.3, 0.4) is 0 Å². The number of halogens is 1. The summed E-state index contributed by atoms with van der Waals surface area (Å²) >= 11 is 1.25. The highest BCUT2D eigenvalue weighted by Gasteiger charge is 2.21. The van der Waals surface area contributed by atoms with E-state index in [0.717, 1.165) is 10.3 Å². The summed E-state index contributed by atoms with van der Waals surface area (Å²) in [6, 6.07) is 15.4. The van der Waals surface area contributed by atoms with Crippen molar-refractivity contribution in [3.05, 3.63) is 71.2 Å². The molecule has 4 rings (SSSR count). The Morgan fingerprint density at radius 2 is 2.00 bits per heavy atom. The summed E-state index contributed by atoms with van der Waals surface area (Å²) in [5.41, 5.74) is 0.813. The van der Waals surface area contributed by atoms with Crippen LogP contribution in [0.25, 0.3) is 21.5 Å². The Morgan fingerprint density at radius 1 is 1.19 bits per heavy atom. The highest BCUT2D eigenvalue weighted by atomic mass is 32.1. The van der Waals surface area contributed by atoms with E-state index in [1.807, 2.05) is 30.3 Å². The lowest BCUT2D eigenvalue weighted by molar-refractivity contribution is 0.0271. The van der Waals surface area contributed by atoms with E-state index in [4.69, 9.17) is 9.26 Å². The molecule has 0 radical (unpaired) electrons. The highest BCUT2D eigenvalue weighted by molar-refractivity contribution is 7.20. The second-order valence-corrected chi connectivity index (χ2v) is 6.75. The average Bonchev–Trinajstić information content (AvgIpc) is 3.29. The number of thiophene rings is 1. The number of fused-ring (bicyclic) bond motifs is 1. The van der Waals surface area contributed by atoms with Crippen LogP contribution in [0.1, 0.15) is 28.6 Å². The van der Waals surface area contributed by atoms with Crippen LogP contribution in [-0.2, 0) is 4.74 Å². The van der Waals surface area contributed by atoms with Crippen LogP contribution < -0.4 is 0 Å². The normalized spacial score (nSPS) is 12.2. The van der Waals surface area contributed by atoms with Crippen molar-refractivity contribution in [1.82, 2.24) is 10.1 Å². The van der Waals surface area contributed by atoms with Crippen LogP contribution in [0.5, 0.6) is 0 Å². The summed E-state index contributed by atoms with van der Waals surface area (Å²) in [5.74, 6) is -0.216. The molecule has 2 aromatic carbocycles. The first-order chi connectivity index (χ1) is 12.6. The van der Waals surface area contributed by atoms with Gasteiger partial charge in [0.2, 0.25) is 5.82 Å². The zero-order chi connectivity index (χ0) is 18.1. The van der Waals surface area contributed by atoms with Crippen molar-refractivity contribution in [3.8, 4) is 11.4 Å². The quantitative estimate of drug-likeness (QED) is 0.474. The fourth-order valence-corrected chi connectivity index (χ4v) is 3.41. The zero-order valence-electron chi connectivity index (χ0n) is 13.7. The molecule has 0 saturated carbocycles. The first-order valence-corrected chi connectivity index (χ1v) is 8.71. The monoisotopic (exact) mass is 368 g/mol. The van der Waals surface area contributed by atoms with E-state index in [9.17, 15) is 9.18 Å². The van der Waals surface area contributed by atoms with Gasteiger partial charge in [0.05, 0.1) is 0 Å². The van der Waals surface area contributed by atoms with Gasteiger partial charge in [0.1, 0.15) is 10.7 Å². The van der Waals surface area contributed by atoms with Gasteiger partial charge in [-0.05, 0) is 36.6 Å². The zero-order valence-corrected chi connectivity index (χ0v) is 14.5. The predicted octanol–water partition coefficient (Wildman–Crippen LogP) is 5.01. The number of rotatable bonds is 4. The molecule has 0 saturated heterocycles. The summed E-state index contributed by atoms with van der Waals surface area (Å²) in [7, 11) is 0. The molecule has 4 aromatic rings. The summed E-state index contributed by atoms with van der Waals surface area (Å²) in [5, 5.41) is 4.58. The van der Waals surface area contributed by atoms with Gasteiger partial charge in [-0.25, -0.2) is 9.18 Å². The van der Waals surface area contributed by atoms with Crippen LogP contribution in [0.15, 0.2) is 59.1 Å². The third-order valence-electron chi connectivity index (χ3n) is 3.78. The fraction of sp³-hybridized carbons (Fsp3) is 0.105. The van der Waals surface area contributed by atoms with Crippen molar-refractivity contribution in [3.63, 3.8) is 0 Å². The minimum Gasteiger partial charge on any atom is -0.448 e. The number of esters is 1. The second kappa shape index (κ2) is 6.68. The number of hydrogen-bond acceptors (Lipinski definition) is 6. The van der Waals surface area contributed by atoms with Gasteiger partial charge in [-0.15, -0.1) is 11.3 Å². The number of carbonyl (C=O) groups is 1. The van der Waals surface area contributed by atoms with Crippen LogP contribution >= 0.6 is 11.3 Å². The second-order valence-electron chi connectivity index (χ2n) is 5.66. The molecule has 130 valence electrons. The highest BCUT2D eigenvalue weighted by Crippen LogP contribution is 2.28. The SMILES string of the molecule is C[C@H](OC(=O)c1cc2cc(F)ccc2s1)c1nc(-c2ccccc2)no1. The van der Waals surface area contributed by atoms with Gasteiger partial charge in [0, 0.05) is 10.3 Å². The maximum Gasteiger partial charge on any atom is 0.349 e. The Bertz CT molecular complexity index is 1070. The lowest BCUT2D eigenvalue weighted by Crippen LogP contribution is -2.08. The van der Waals surface area contributed by atoms with Crippen molar-refractivity contribution in [2.75, 3.05) is 0 Å². The molecule has 7 heteroatoms. The Hall–Kier alpha value is -3.06. The Balaban J connectivity index is 1.51. The van der Waals surface area contributed by atoms with Crippen molar-refractivity contribution in [2.45, 2.75) is 13.0 Å². The molecule has 0 aliphatic rings. The minimum atomic E-state index is -0.700. The Kier molecular flexibility index (Phi) is 4.22. The van der Waals surface area contributed by atoms with Gasteiger partial charge < -0.3 is 9.26 Å². The van der Waals surface area contributed by atoms with Gasteiger partial charge in [-0.3, -0.25) is 0 Å². The molecule has 1 atom stereocenters. The van der Waals surface area contributed by atoms with Crippen molar-refractivity contribution in [2.24, 2.45) is 0 Å². The van der Waals surface area contributed by atoms with Crippen LogP contribution in [-0.4, -0.2) is 16.1 Å². The standard InChI is InChI=1S/C19H13FN2O3S/c1-11(18-21-17(22-25-18)12-5-3-2-4-6-12)24-19(23)16-10-13-9-14(20)7-8-15(13)26-16/h2-11H,1H3/t11-/m0/s1. The number of carbonyl (C=O) groups excluding carboxylic acids is 1. The predicted molar refractivity (Wildman–Crippen MR) is 95.3 cm³/mol.